The van der Waals surface area contributed by atoms with Crippen molar-refractivity contribution in [3.63, 3.8) is 0 Å². The van der Waals surface area contributed by atoms with Crippen molar-refractivity contribution in [2.45, 2.75) is 26.3 Å². The third-order valence-corrected chi connectivity index (χ3v) is 2.98. The lowest BCUT2D eigenvalue weighted by molar-refractivity contribution is 0.273. The maximum Gasteiger partial charge on any atom is 0.0497 e. The average Bonchev–Trinajstić information content (AvgIpc) is 2.69. The highest BCUT2D eigenvalue weighted by Gasteiger charge is 2.06. The van der Waals surface area contributed by atoms with Crippen LogP contribution in [0.1, 0.15) is 25.3 Å². The Hall–Kier alpha value is -1.28. The molecule has 0 spiro atoms. The summed E-state index contributed by atoms with van der Waals surface area (Å²) in [5.41, 5.74) is 2.48. The van der Waals surface area contributed by atoms with Crippen LogP contribution >= 0.6 is 0 Å². The zero-order chi connectivity index (χ0) is 10.8. The van der Waals surface area contributed by atoms with E-state index in [0.29, 0.717) is 0 Å². The van der Waals surface area contributed by atoms with Gasteiger partial charge in [-0.3, -0.25) is 0 Å². The van der Waals surface area contributed by atoms with Gasteiger partial charge < -0.3 is 9.67 Å². The van der Waals surface area contributed by atoms with Gasteiger partial charge in [0, 0.05) is 30.8 Å². The minimum absolute atomic E-state index is 0.208. The first-order valence-corrected chi connectivity index (χ1v) is 5.46. The third kappa shape index (κ3) is 1.77. The van der Waals surface area contributed by atoms with Gasteiger partial charge in [0.15, 0.2) is 0 Å². The number of aryl methyl sites for hydroxylation is 1. The molecule has 0 aliphatic heterocycles. The highest BCUT2D eigenvalue weighted by atomic mass is 16.3. The van der Waals surface area contributed by atoms with E-state index in [1.807, 2.05) is 6.92 Å². The quantitative estimate of drug-likeness (QED) is 0.815. The summed E-state index contributed by atoms with van der Waals surface area (Å²) in [6, 6.07) is 8.55. The number of fused-ring (bicyclic) bond motifs is 1. The lowest BCUT2D eigenvalue weighted by Gasteiger charge is -2.08. The van der Waals surface area contributed by atoms with Gasteiger partial charge >= 0.3 is 0 Å². The molecule has 1 N–H and O–H groups in total. The second-order valence-electron chi connectivity index (χ2n) is 4.00. The molecule has 0 aliphatic rings. The smallest absolute Gasteiger partial charge is 0.0497 e. The molecule has 1 heterocycles. The first-order valence-electron chi connectivity index (χ1n) is 5.46. The fourth-order valence-corrected chi connectivity index (χ4v) is 1.91. The normalized spacial score (nSPS) is 13.3. The van der Waals surface area contributed by atoms with Crippen molar-refractivity contribution in [3.05, 3.63) is 36.0 Å². The van der Waals surface area contributed by atoms with Gasteiger partial charge in [-0.25, -0.2) is 0 Å². The minimum Gasteiger partial charge on any atom is -0.396 e. The Balaban J connectivity index is 2.48. The van der Waals surface area contributed by atoms with E-state index in [1.54, 1.807) is 0 Å². The van der Waals surface area contributed by atoms with Crippen LogP contribution in [0, 0.1) is 0 Å². The molecule has 80 valence electrons. The summed E-state index contributed by atoms with van der Waals surface area (Å²) in [5.74, 6) is 0.222. The molecule has 1 atom stereocenters. The number of aliphatic hydroxyl groups excluding tert-OH is 1. The van der Waals surface area contributed by atoms with Crippen molar-refractivity contribution in [2.24, 2.45) is 0 Å². The Bertz CT molecular complexity index is 459. The lowest BCUT2D eigenvalue weighted by atomic mass is 10.0. The van der Waals surface area contributed by atoms with Gasteiger partial charge in [-0.15, -0.1) is 0 Å². The molecule has 2 aromatic rings. The highest BCUT2D eigenvalue weighted by Crippen LogP contribution is 2.22. The second kappa shape index (κ2) is 4.07. The van der Waals surface area contributed by atoms with E-state index in [4.69, 9.17) is 5.11 Å². The van der Waals surface area contributed by atoms with Crippen LogP contribution in [0.4, 0.5) is 0 Å². The Morgan fingerprint density at radius 1 is 1.33 bits per heavy atom. The van der Waals surface area contributed by atoms with E-state index in [9.17, 15) is 0 Å². The summed E-state index contributed by atoms with van der Waals surface area (Å²) in [5, 5.41) is 10.4. The summed E-state index contributed by atoms with van der Waals surface area (Å²) in [4.78, 5) is 0. The predicted octanol–water partition coefficient (Wildman–Crippen LogP) is 2.76. The summed E-state index contributed by atoms with van der Waals surface area (Å²) >= 11 is 0. The third-order valence-electron chi connectivity index (χ3n) is 2.98. The van der Waals surface area contributed by atoms with Crippen LogP contribution in [-0.4, -0.2) is 16.3 Å². The van der Waals surface area contributed by atoms with Crippen molar-refractivity contribution < 1.29 is 5.11 Å². The zero-order valence-corrected chi connectivity index (χ0v) is 9.27. The molecule has 0 fully saturated rings. The Morgan fingerprint density at radius 2 is 2.13 bits per heavy atom. The summed E-state index contributed by atoms with van der Waals surface area (Å²) in [6.07, 6.45) is 2.11. The number of benzene rings is 1. The van der Waals surface area contributed by atoms with Gasteiger partial charge in [0.1, 0.15) is 0 Å². The molecule has 0 saturated heterocycles. The van der Waals surface area contributed by atoms with Crippen LogP contribution in [0.25, 0.3) is 10.9 Å². The molecule has 2 rings (SSSR count). The molecule has 1 aromatic heterocycles. The van der Waals surface area contributed by atoms with E-state index >= 15 is 0 Å². The number of rotatable bonds is 3. The molecule has 2 heteroatoms. The van der Waals surface area contributed by atoms with Gasteiger partial charge in [-0.05, 0) is 36.1 Å². The fraction of sp³-hybridized carbons (Fsp3) is 0.385. The number of aromatic nitrogens is 1. The Kier molecular flexibility index (Phi) is 2.78. The first-order chi connectivity index (χ1) is 7.26. The number of hydrogen-bond donors (Lipinski definition) is 1. The van der Waals surface area contributed by atoms with Crippen molar-refractivity contribution in [1.29, 1.82) is 0 Å². The van der Waals surface area contributed by atoms with Gasteiger partial charge in [0.25, 0.3) is 0 Å². The van der Waals surface area contributed by atoms with Crippen LogP contribution in [0.15, 0.2) is 30.5 Å². The zero-order valence-electron chi connectivity index (χ0n) is 9.27. The maximum absolute atomic E-state index is 9.11. The molecule has 0 saturated carbocycles. The first kappa shape index (κ1) is 10.2. The minimum atomic E-state index is 0.208. The van der Waals surface area contributed by atoms with Crippen LogP contribution < -0.4 is 0 Å². The van der Waals surface area contributed by atoms with Gasteiger partial charge in [0.05, 0.1) is 0 Å². The van der Waals surface area contributed by atoms with E-state index < -0.39 is 0 Å². The standard InChI is InChI=1S/C13H17NO/c1-3-14-7-6-12-8-11(10(2)9-15)4-5-13(12)14/h4-8,10,15H,3,9H2,1-2H3. The summed E-state index contributed by atoms with van der Waals surface area (Å²) in [7, 11) is 0. The number of nitrogens with zero attached hydrogens (tertiary/aromatic N) is 1. The summed E-state index contributed by atoms with van der Waals surface area (Å²) in [6.45, 7) is 5.39. The highest BCUT2D eigenvalue weighted by molar-refractivity contribution is 5.81. The van der Waals surface area contributed by atoms with Gasteiger partial charge in [-0.2, -0.15) is 0 Å². The molecule has 15 heavy (non-hydrogen) atoms. The summed E-state index contributed by atoms with van der Waals surface area (Å²) < 4.78 is 2.22. The van der Waals surface area contributed by atoms with E-state index in [-0.39, 0.29) is 12.5 Å². The van der Waals surface area contributed by atoms with Crippen molar-refractivity contribution >= 4 is 10.9 Å². The monoisotopic (exact) mass is 203 g/mol. The molecule has 2 nitrogen and oxygen atoms in total. The van der Waals surface area contributed by atoms with Crippen LogP contribution in [-0.2, 0) is 6.54 Å². The van der Waals surface area contributed by atoms with Gasteiger partial charge in [-0.1, -0.05) is 13.0 Å². The number of hydrogen-bond acceptors (Lipinski definition) is 1. The maximum atomic E-state index is 9.11. The van der Waals surface area contributed by atoms with Crippen LogP contribution in [0.2, 0.25) is 0 Å². The molecule has 0 radical (unpaired) electrons. The largest absolute Gasteiger partial charge is 0.396 e. The molecule has 1 aromatic carbocycles. The van der Waals surface area contributed by atoms with Crippen molar-refractivity contribution in [3.8, 4) is 0 Å². The fourth-order valence-electron chi connectivity index (χ4n) is 1.91. The van der Waals surface area contributed by atoms with Crippen molar-refractivity contribution in [1.82, 2.24) is 4.57 Å². The van der Waals surface area contributed by atoms with Crippen molar-refractivity contribution in [2.75, 3.05) is 6.61 Å². The molecular weight excluding hydrogens is 186 g/mol. The van der Waals surface area contributed by atoms with E-state index in [0.717, 1.165) is 6.54 Å². The average molecular weight is 203 g/mol. The number of aliphatic hydroxyl groups is 1. The van der Waals surface area contributed by atoms with E-state index in [1.165, 1.54) is 16.5 Å². The lowest BCUT2D eigenvalue weighted by Crippen LogP contribution is -1.98. The SMILES string of the molecule is CCn1ccc2cc(C(C)CO)ccc21. The molecule has 0 bridgehead atoms. The Morgan fingerprint density at radius 3 is 2.80 bits per heavy atom. The topological polar surface area (TPSA) is 25.2 Å². The molecular formula is C13H17NO. The van der Waals surface area contributed by atoms with E-state index in [2.05, 4.69) is 42.0 Å². The van der Waals surface area contributed by atoms with Crippen LogP contribution in [0.3, 0.4) is 0 Å². The molecule has 1 unspecified atom stereocenters. The molecule has 0 amide bonds. The molecule has 0 aliphatic carbocycles. The Labute approximate surface area is 90.2 Å². The second-order valence-corrected chi connectivity index (χ2v) is 4.00. The van der Waals surface area contributed by atoms with Crippen LogP contribution in [0.5, 0.6) is 0 Å². The van der Waals surface area contributed by atoms with Gasteiger partial charge in [0.2, 0.25) is 0 Å². The predicted molar refractivity (Wildman–Crippen MR) is 63.1 cm³/mol.